The Morgan fingerprint density at radius 3 is 2.55 bits per heavy atom. The zero-order chi connectivity index (χ0) is 23.4. The predicted molar refractivity (Wildman–Crippen MR) is 129 cm³/mol. The van der Waals surface area contributed by atoms with Crippen LogP contribution in [0.25, 0.3) is 10.9 Å². The summed E-state index contributed by atoms with van der Waals surface area (Å²) in [6.45, 7) is 2.08. The molecule has 0 aliphatic heterocycles. The third-order valence-corrected chi connectivity index (χ3v) is 5.24. The van der Waals surface area contributed by atoms with Crippen LogP contribution >= 0.6 is 0 Å². The Morgan fingerprint density at radius 2 is 1.76 bits per heavy atom. The van der Waals surface area contributed by atoms with E-state index in [1.165, 1.54) is 0 Å². The first-order chi connectivity index (χ1) is 16.0. The molecule has 1 aromatic heterocycles. The van der Waals surface area contributed by atoms with E-state index in [-0.39, 0.29) is 12.5 Å². The quantitative estimate of drug-likeness (QED) is 0.419. The molecule has 0 radical (unpaired) electrons. The largest absolute Gasteiger partial charge is 0.493 e. The van der Waals surface area contributed by atoms with Crippen molar-refractivity contribution < 1.29 is 19.0 Å². The van der Waals surface area contributed by atoms with Crippen molar-refractivity contribution >= 4 is 28.2 Å². The summed E-state index contributed by atoms with van der Waals surface area (Å²) in [7, 11) is 3.12. The number of pyridine rings is 1. The molecule has 0 aliphatic carbocycles. The van der Waals surface area contributed by atoms with Gasteiger partial charge in [-0.2, -0.15) is 0 Å². The van der Waals surface area contributed by atoms with Crippen molar-refractivity contribution in [3.63, 3.8) is 0 Å². The summed E-state index contributed by atoms with van der Waals surface area (Å²) >= 11 is 0. The minimum absolute atomic E-state index is 0.182. The lowest BCUT2D eigenvalue weighted by atomic mass is 10.1. The van der Waals surface area contributed by atoms with Gasteiger partial charge in [0.05, 0.1) is 19.7 Å². The Hall–Kier alpha value is -4.26. The predicted octanol–water partition coefficient (Wildman–Crippen LogP) is 4.97. The maximum atomic E-state index is 13.1. The molecule has 168 valence electrons. The van der Waals surface area contributed by atoms with Gasteiger partial charge >= 0.3 is 0 Å². The molecule has 0 saturated carbocycles. The highest BCUT2D eigenvalue weighted by molar-refractivity contribution is 6.06. The molecule has 4 aromatic rings. The number of rotatable bonds is 7. The fourth-order valence-electron chi connectivity index (χ4n) is 3.66. The zero-order valence-electron chi connectivity index (χ0n) is 18.7. The highest BCUT2D eigenvalue weighted by Gasteiger charge is 2.15. The van der Waals surface area contributed by atoms with Gasteiger partial charge in [0.2, 0.25) is 5.75 Å². The van der Waals surface area contributed by atoms with Crippen molar-refractivity contribution in [2.45, 2.75) is 13.5 Å². The number of carbonyl (C=O) groups excluding carboxylic acids is 1. The number of para-hydroxylation sites is 1. The number of aromatic nitrogens is 1. The summed E-state index contributed by atoms with van der Waals surface area (Å²) in [6, 6.07) is 20.0. The number of benzene rings is 3. The Bertz CT molecular complexity index is 1320. The number of aryl methyl sites for hydroxylation is 1. The van der Waals surface area contributed by atoms with E-state index in [1.54, 1.807) is 32.4 Å². The molecular formula is C26H25N3O4. The van der Waals surface area contributed by atoms with Crippen molar-refractivity contribution in [2.24, 2.45) is 0 Å². The monoisotopic (exact) mass is 443 g/mol. The summed E-state index contributed by atoms with van der Waals surface area (Å²) in [5, 5.41) is 3.74. The van der Waals surface area contributed by atoms with Gasteiger partial charge in [-0.1, -0.05) is 24.3 Å². The van der Waals surface area contributed by atoms with Crippen molar-refractivity contribution in [3.8, 4) is 17.2 Å². The minimum Gasteiger partial charge on any atom is -0.493 e. The lowest BCUT2D eigenvalue weighted by Gasteiger charge is -2.15. The van der Waals surface area contributed by atoms with E-state index in [4.69, 9.17) is 19.9 Å². The number of nitrogen functional groups attached to an aromatic ring is 1. The van der Waals surface area contributed by atoms with Gasteiger partial charge in [0.1, 0.15) is 6.61 Å². The average Bonchev–Trinajstić information content (AvgIpc) is 2.82. The molecule has 7 heteroatoms. The van der Waals surface area contributed by atoms with Crippen molar-refractivity contribution in [2.75, 3.05) is 25.3 Å². The molecule has 7 nitrogen and oxygen atoms in total. The molecule has 3 aromatic carbocycles. The molecule has 1 amide bonds. The van der Waals surface area contributed by atoms with Gasteiger partial charge in [0.15, 0.2) is 11.5 Å². The summed E-state index contributed by atoms with van der Waals surface area (Å²) in [5.41, 5.74) is 10.3. The van der Waals surface area contributed by atoms with Crippen LogP contribution in [0.4, 0.5) is 11.4 Å². The Morgan fingerprint density at radius 1 is 0.970 bits per heavy atom. The number of nitrogens with one attached hydrogen (secondary N) is 1. The summed E-state index contributed by atoms with van der Waals surface area (Å²) < 4.78 is 16.7. The molecule has 0 bridgehead atoms. The second kappa shape index (κ2) is 9.48. The number of nitrogens with two attached hydrogens (primary N) is 1. The van der Waals surface area contributed by atoms with Crippen LogP contribution in [-0.4, -0.2) is 25.1 Å². The van der Waals surface area contributed by atoms with Crippen LogP contribution in [0.15, 0.2) is 66.7 Å². The smallest absolute Gasteiger partial charge is 0.256 e. The number of methoxy groups -OCH3 is 2. The molecule has 3 N–H and O–H groups in total. The average molecular weight is 444 g/mol. The van der Waals surface area contributed by atoms with Crippen molar-refractivity contribution in [1.29, 1.82) is 0 Å². The van der Waals surface area contributed by atoms with Crippen molar-refractivity contribution in [3.05, 3.63) is 83.6 Å². The van der Waals surface area contributed by atoms with Crippen LogP contribution in [-0.2, 0) is 6.61 Å². The maximum absolute atomic E-state index is 13.1. The van der Waals surface area contributed by atoms with E-state index in [9.17, 15) is 4.79 Å². The topological polar surface area (TPSA) is 95.7 Å². The Kier molecular flexibility index (Phi) is 6.31. The minimum atomic E-state index is -0.246. The molecule has 0 fully saturated rings. The number of carbonyl (C=O) groups is 1. The lowest BCUT2D eigenvalue weighted by Crippen LogP contribution is -2.15. The first-order valence-corrected chi connectivity index (χ1v) is 10.4. The van der Waals surface area contributed by atoms with Gasteiger partial charge in [0.25, 0.3) is 5.91 Å². The van der Waals surface area contributed by atoms with E-state index in [2.05, 4.69) is 10.3 Å². The molecule has 0 atom stereocenters. The van der Waals surface area contributed by atoms with Crippen LogP contribution in [0.2, 0.25) is 0 Å². The fraction of sp³-hybridized carbons (Fsp3) is 0.154. The number of fused-ring (bicyclic) bond motifs is 1. The van der Waals surface area contributed by atoms with E-state index < -0.39 is 0 Å². The van der Waals surface area contributed by atoms with Gasteiger partial charge in [-0.15, -0.1) is 0 Å². The van der Waals surface area contributed by atoms with Crippen LogP contribution in [0.1, 0.15) is 21.6 Å². The van der Waals surface area contributed by atoms with Crippen LogP contribution in [0.3, 0.4) is 0 Å². The number of anilines is 2. The van der Waals surface area contributed by atoms with Crippen LogP contribution in [0.5, 0.6) is 17.2 Å². The zero-order valence-corrected chi connectivity index (χ0v) is 18.7. The standard InChI is InChI=1S/C26H25N3O4/c1-16-13-21(27)20-14-18(11-12-22(20)28-16)29-26(30)19-8-5-4-7-17(19)15-33-24-10-6-9-23(31-2)25(24)32-3/h4-14H,15H2,1-3H3,(H2,27,28)(H,29,30). The van der Waals surface area contributed by atoms with Gasteiger partial charge in [-0.3, -0.25) is 9.78 Å². The van der Waals surface area contributed by atoms with Crippen LogP contribution < -0.4 is 25.3 Å². The van der Waals surface area contributed by atoms with Crippen molar-refractivity contribution in [1.82, 2.24) is 4.98 Å². The summed E-state index contributed by atoms with van der Waals surface area (Å²) in [5.74, 6) is 1.35. The summed E-state index contributed by atoms with van der Waals surface area (Å²) in [6.07, 6.45) is 0. The highest BCUT2D eigenvalue weighted by Crippen LogP contribution is 2.37. The van der Waals surface area contributed by atoms with E-state index >= 15 is 0 Å². The number of ether oxygens (including phenoxy) is 3. The van der Waals surface area contributed by atoms with Gasteiger partial charge in [-0.05, 0) is 49.4 Å². The number of amides is 1. The second-order valence-corrected chi connectivity index (χ2v) is 7.48. The van der Waals surface area contributed by atoms with Crippen LogP contribution in [0, 0.1) is 6.92 Å². The summed E-state index contributed by atoms with van der Waals surface area (Å²) in [4.78, 5) is 17.6. The molecule has 0 aliphatic rings. The first kappa shape index (κ1) is 22.0. The molecule has 0 unspecified atom stereocenters. The fourth-order valence-corrected chi connectivity index (χ4v) is 3.66. The maximum Gasteiger partial charge on any atom is 0.256 e. The SMILES string of the molecule is COc1cccc(OCc2ccccc2C(=O)Nc2ccc3nc(C)cc(N)c3c2)c1OC. The van der Waals surface area contributed by atoms with Gasteiger partial charge in [0, 0.05) is 33.6 Å². The Labute approximate surface area is 192 Å². The van der Waals surface area contributed by atoms with E-state index in [0.717, 1.165) is 22.2 Å². The normalized spacial score (nSPS) is 10.6. The molecule has 0 spiro atoms. The number of hydrogen-bond donors (Lipinski definition) is 2. The molecule has 33 heavy (non-hydrogen) atoms. The molecular weight excluding hydrogens is 418 g/mol. The lowest BCUT2D eigenvalue weighted by molar-refractivity contribution is 0.102. The van der Waals surface area contributed by atoms with E-state index in [0.29, 0.717) is 34.2 Å². The van der Waals surface area contributed by atoms with Gasteiger partial charge in [-0.25, -0.2) is 0 Å². The highest BCUT2D eigenvalue weighted by atomic mass is 16.5. The van der Waals surface area contributed by atoms with Gasteiger partial charge < -0.3 is 25.3 Å². The number of nitrogens with zero attached hydrogens (tertiary/aromatic N) is 1. The Balaban J connectivity index is 1.55. The number of hydrogen-bond acceptors (Lipinski definition) is 6. The molecule has 0 saturated heterocycles. The third kappa shape index (κ3) is 4.67. The second-order valence-electron chi connectivity index (χ2n) is 7.48. The van der Waals surface area contributed by atoms with E-state index in [1.807, 2.05) is 55.5 Å². The first-order valence-electron chi connectivity index (χ1n) is 10.4. The molecule has 4 rings (SSSR count). The third-order valence-electron chi connectivity index (χ3n) is 5.24. The molecule has 1 heterocycles.